The van der Waals surface area contributed by atoms with Crippen LogP contribution in [-0.4, -0.2) is 8.80 Å². The van der Waals surface area contributed by atoms with E-state index < -0.39 is 11.6 Å². The minimum atomic E-state index is -0.715. The van der Waals surface area contributed by atoms with E-state index >= 15 is 0 Å². The maximum Gasteiger partial charge on any atom is 0.144 e. The lowest BCUT2D eigenvalue weighted by molar-refractivity contribution is 0.184. The summed E-state index contributed by atoms with van der Waals surface area (Å²) in [5.41, 5.74) is 1.69. The number of unbranched alkanes of at least 4 members (excludes halogenated alkanes) is 3. The molecule has 0 spiro atoms. The number of halogens is 3. The lowest BCUT2D eigenvalue weighted by atomic mass is 9.73. The Kier molecular flexibility index (Phi) is 11.3. The molecule has 0 amide bonds. The van der Waals surface area contributed by atoms with Crippen LogP contribution >= 0.6 is 11.6 Å². The molecule has 32 heavy (non-hydrogen) atoms. The fraction of sp³-hybridized carbons (Fsp3) is 0.714. The van der Waals surface area contributed by atoms with Crippen LogP contribution in [0.5, 0.6) is 0 Å². The van der Waals surface area contributed by atoms with Crippen molar-refractivity contribution in [1.29, 1.82) is 0 Å². The SMILES string of the molecule is CCCCC[Si]1CCC(C2CCC(CCCCc3ccc(/C(F)=C\Cl)c(F)c3)CC2)CC1. The molecule has 1 aliphatic heterocycles. The summed E-state index contributed by atoms with van der Waals surface area (Å²) in [6.45, 7) is 2.31. The summed E-state index contributed by atoms with van der Waals surface area (Å²) in [5.74, 6) is 1.70. The third-order valence-electron chi connectivity index (χ3n) is 8.14. The van der Waals surface area contributed by atoms with Gasteiger partial charge >= 0.3 is 0 Å². The Labute approximate surface area is 201 Å². The fourth-order valence-electron chi connectivity index (χ4n) is 6.07. The lowest BCUT2D eigenvalue weighted by Crippen LogP contribution is -2.28. The van der Waals surface area contributed by atoms with E-state index in [4.69, 9.17) is 11.6 Å². The summed E-state index contributed by atoms with van der Waals surface area (Å²) >= 11 is 5.35. The molecule has 2 fully saturated rings. The van der Waals surface area contributed by atoms with E-state index in [1.54, 1.807) is 18.1 Å². The molecule has 0 aromatic heterocycles. The van der Waals surface area contributed by atoms with Gasteiger partial charge in [0.05, 0.1) is 0 Å². The van der Waals surface area contributed by atoms with E-state index in [1.165, 1.54) is 82.8 Å². The predicted octanol–water partition coefficient (Wildman–Crippen LogP) is 9.95. The van der Waals surface area contributed by atoms with Crippen molar-refractivity contribution in [3.63, 3.8) is 0 Å². The Morgan fingerprint density at radius 2 is 1.72 bits per heavy atom. The second-order valence-electron chi connectivity index (χ2n) is 10.3. The van der Waals surface area contributed by atoms with Crippen LogP contribution in [0, 0.1) is 23.6 Å². The highest BCUT2D eigenvalue weighted by atomic mass is 35.5. The highest BCUT2D eigenvalue weighted by Crippen LogP contribution is 2.42. The van der Waals surface area contributed by atoms with Gasteiger partial charge in [-0.05, 0) is 61.1 Å². The molecule has 1 aromatic rings. The first kappa shape index (κ1) is 25.9. The van der Waals surface area contributed by atoms with E-state index in [1.807, 2.05) is 6.07 Å². The maximum atomic E-state index is 14.0. The van der Waals surface area contributed by atoms with Crippen molar-refractivity contribution in [1.82, 2.24) is 0 Å². The van der Waals surface area contributed by atoms with Crippen molar-refractivity contribution < 1.29 is 8.78 Å². The first-order valence-electron chi connectivity index (χ1n) is 13.2. The van der Waals surface area contributed by atoms with Gasteiger partial charge in [0.2, 0.25) is 0 Å². The zero-order chi connectivity index (χ0) is 22.8. The third-order valence-corrected chi connectivity index (χ3v) is 11.4. The van der Waals surface area contributed by atoms with Crippen LogP contribution in [0.1, 0.15) is 95.1 Å². The minimum absolute atomic E-state index is 0.000145. The van der Waals surface area contributed by atoms with Gasteiger partial charge in [0.15, 0.2) is 0 Å². The summed E-state index contributed by atoms with van der Waals surface area (Å²) in [6.07, 6.45) is 17.6. The molecule has 0 N–H and O–H groups in total. The van der Waals surface area contributed by atoms with Crippen LogP contribution in [0.4, 0.5) is 8.78 Å². The van der Waals surface area contributed by atoms with Crippen molar-refractivity contribution in [2.75, 3.05) is 0 Å². The zero-order valence-corrected chi connectivity index (χ0v) is 21.7. The van der Waals surface area contributed by atoms with E-state index in [2.05, 4.69) is 6.92 Å². The van der Waals surface area contributed by atoms with Gasteiger partial charge in [-0.15, -0.1) is 0 Å². The molecule has 0 bridgehead atoms. The second-order valence-corrected chi connectivity index (χ2v) is 13.6. The third kappa shape index (κ3) is 7.97. The molecule has 1 radical (unpaired) electrons. The molecular formula is C28H42ClF2Si. The van der Waals surface area contributed by atoms with Gasteiger partial charge in [-0.25, -0.2) is 8.78 Å². The van der Waals surface area contributed by atoms with Crippen LogP contribution < -0.4 is 0 Å². The molecule has 1 heterocycles. The predicted molar refractivity (Wildman–Crippen MR) is 137 cm³/mol. The lowest BCUT2D eigenvalue weighted by Gasteiger charge is -2.37. The van der Waals surface area contributed by atoms with Crippen molar-refractivity contribution in [3.8, 4) is 0 Å². The first-order valence-corrected chi connectivity index (χ1v) is 15.7. The number of hydrogen-bond donors (Lipinski definition) is 0. The van der Waals surface area contributed by atoms with Gasteiger partial charge < -0.3 is 0 Å². The smallest absolute Gasteiger partial charge is 0.144 e. The van der Waals surface area contributed by atoms with Crippen LogP contribution in [0.25, 0.3) is 5.83 Å². The van der Waals surface area contributed by atoms with Crippen molar-refractivity contribution in [2.45, 2.75) is 109 Å². The summed E-state index contributed by atoms with van der Waals surface area (Å²) in [5, 5.41) is 0. The summed E-state index contributed by atoms with van der Waals surface area (Å²) < 4.78 is 27.5. The first-order chi connectivity index (χ1) is 15.6. The molecule has 0 unspecified atom stereocenters. The largest absolute Gasteiger partial charge is 0.206 e. The van der Waals surface area contributed by atoms with E-state index in [0.29, 0.717) is 0 Å². The van der Waals surface area contributed by atoms with Crippen molar-refractivity contribution >= 4 is 26.2 Å². The van der Waals surface area contributed by atoms with Crippen molar-refractivity contribution in [2.24, 2.45) is 17.8 Å². The van der Waals surface area contributed by atoms with E-state index in [-0.39, 0.29) is 14.4 Å². The van der Waals surface area contributed by atoms with Gasteiger partial charge in [-0.3, -0.25) is 0 Å². The number of aryl methyl sites for hydroxylation is 1. The highest BCUT2D eigenvalue weighted by molar-refractivity contribution is 6.58. The number of hydrogen-bond acceptors (Lipinski definition) is 0. The molecule has 1 aliphatic carbocycles. The normalized spacial score (nSPS) is 23.6. The Bertz CT molecular complexity index is 703. The van der Waals surface area contributed by atoms with Gasteiger partial charge in [-0.2, -0.15) is 0 Å². The van der Waals surface area contributed by atoms with Gasteiger partial charge in [0.1, 0.15) is 11.6 Å². The van der Waals surface area contributed by atoms with Gasteiger partial charge in [0.25, 0.3) is 0 Å². The Morgan fingerprint density at radius 1 is 1.00 bits per heavy atom. The molecule has 1 aromatic carbocycles. The van der Waals surface area contributed by atoms with Gasteiger partial charge in [-0.1, -0.05) is 101 Å². The number of rotatable bonds is 11. The Balaban J connectivity index is 1.29. The maximum absolute atomic E-state index is 14.0. The fourth-order valence-corrected chi connectivity index (χ4v) is 9.25. The molecule has 4 heteroatoms. The number of benzene rings is 1. The highest BCUT2D eigenvalue weighted by Gasteiger charge is 2.31. The average molecular weight is 480 g/mol. The standard InChI is InChI=1S/C28H42ClF2Si/c1-2-3-6-17-32-18-15-25(16-19-32)24-12-9-22(10-13-24)7-4-5-8-23-11-14-26(27(30)20-23)28(31)21-29/h11,14,20-22,24-25H,2-10,12-13,15-19H2,1H3/b28-21+. The van der Waals surface area contributed by atoms with E-state index in [9.17, 15) is 8.78 Å². The average Bonchev–Trinajstić information content (AvgIpc) is 2.82. The topological polar surface area (TPSA) is 0 Å². The molecule has 3 rings (SSSR count). The molecule has 1 saturated heterocycles. The molecule has 1 saturated carbocycles. The second kappa shape index (κ2) is 13.9. The van der Waals surface area contributed by atoms with Crippen LogP contribution in [0.3, 0.4) is 0 Å². The van der Waals surface area contributed by atoms with Crippen LogP contribution in [0.15, 0.2) is 23.7 Å². The molecule has 0 nitrogen and oxygen atoms in total. The molecule has 179 valence electrons. The zero-order valence-electron chi connectivity index (χ0n) is 20.0. The summed E-state index contributed by atoms with van der Waals surface area (Å²) in [4.78, 5) is 0. The Hall–Kier alpha value is -0.673. The quantitative estimate of drug-likeness (QED) is 0.218. The summed E-state index contributed by atoms with van der Waals surface area (Å²) in [6, 6.07) is 9.55. The molecule has 0 atom stereocenters. The van der Waals surface area contributed by atoms with E-state index in [0.717, 1.165) is 41.7 Å². The Morgan fingerprint density at radius 3 is 2.38 bits per heavy atom. The van der Waals surface area contributed by atoms with Crippen LogP contribution in [0.2, 0.25) is 18.1 Å². The summed E-state index contributed by atoms with van der Waals surface area (Å²) in [7, 11) is -0.000145. The van der Waals surface area contributed by atoms with Crippen LogP contribution in [-0.2, 0) is 6.42 Å². The minimum Gasteiger partial charge on any atom is -0.206 e. The molecular weight excluding hydrogens is 438 g/mol. The monoisotopic (exact) mass is 479 g/mol. The van der Waals surface area contributed by atoms with Crippen molar-refractivity contribution in [3.05, 3.63) is 40.7 Å². The molecule has 2 aliphatic rings. The van der Waals surface area contributed by atoms with Gasteiger partial charge in [0, 0.05) is 19.9 Å².